The number of nitrogen functional groups attached to an aromatic ring is 1. The number of ether oxygens (including phenoxy) is 1. The summed E-state index contributed by atoms with van der Waals surface area (Å²) in [5, 5.41) is -0.292. The largest absolute Gasteiger partial charge is 0.465 e. The number of hydrogen-bond acceptors (Lipinski definition) is 4. The van der Waals surface area contributed by atoms with Gasteiger partial charge in [-0.25, -0.2) is 9.18 Å². The smallest absolute Gasteiger partial charge is 0.341 e. The molecular weight excluding hydrogens is 282 g/mol. The van der Waals surface area contributed by atoms with Gasteiger partial charge in [0.25, 0.3) is 0 Å². The van der Waals surface area contributed by atoms with Crippen LogP contribution in [-0.4, -0.2) is 18.1 Å². The molecule has 0 aliphatic heterocycles. The lowest BCUT2D eigenvalue weighted by Crippen LogP contribution is -2.07. The standard InChI is InChI=1S/C11H7Cl2FN2O2/c1-18-11(17)4-3-16-6-2-5(12)9(14)8(13)7(6)10(4)15/h2-3H,1H3,(H2,15,16). The Morgan fingerprint density at radius 2 is 2.17 bits per heavy atom. The van der Waals surface area contributed by atoms with Crippen LogP contribution in [-0.2, 0) is 4.74 Å². The molecule has 1 aromatic heterocycles. The topological polar surface area (TPSA) is 65.2 Å². The van der Waals surface area contributed by atoms with Crippen LogP contribution in [0.4, 0.5) is 10.1 Å². The van der Waals surface area contributed by atoms with E-state index in [0.29, 0.717) is 5.52 Å². The molecule has 94 valence electrons. The molecule has 7 heteroatoms. The van der Waals surface area contributed by atoms with Crippen LogP contribution in [0.2, 0.25) is 10.0 Å². The molecule has 0 aliphatic rings. The predicted octanol–water partition coefficient (Wildman–Crippen LogP) is 3.05. The van der Waals surface area contributed by atoms with E-state index in [1.165, 1.54) is 19.4 Å². The molecule has 0 unspecified atom stereocenters. The zero-order chi connectivity index (χ0) is 13.4. The Hall–Kier alpha value is -1.59. The van der Waals surface area contributed by atoms with Crippen LogP contribution in [0.25, 0.3) is 10.9 Å². The Bertz CT molecular complexity index is 661. The van der Waals surface area contributed by atoms with Crippen LogP contribution in [0.15, 0.2) is 12.3 Å². The first-order valence-corrected chi connectivity index (χ1v) is 5.53. The van der Waals surface area contributed by atoms with Crippen molar-refractivity contribution in [2.45, 2.75) is 0 Å². The summed E-state index contributed by atoms with van der Waals surface area (Å²) in [7, 11) is 1.20. The maximum atomic E-state index is 13.6. The van der Waals surface area contributed by atoms with E-state index >= 15 is 0 Å². The summed E-state index contributed by atoms with van der Waals surface area (Å²) in [5.74, 6) is -1.48. The number of fused-ring (bicyclic) bond motifs is 1. The minimum absolute atomic E-state index is 0.00687. The average molecular weight is 289 g/mol. The number of methoxy groups -OCH3 is 1. The summed E-state index contributed by atoms with van der Waals surface area (Å²) in [6, 6.07) is 1.29. The number of pyridine rings is 1. The Kier molecular flexibility index (Phi) is 3.28. The fourth-order valence-electron chi connectivity index (χ4n) is 1.55. The number of aromatic nitrogens is 1. The number of nitrogens with zero attached hydrogens (tertiary/aromatic N) is 1. The van der Waals surface area contributed by atoms with Crippen molar-refractivity contribution >= 4 is 45.8 Å². The molecule has 0 saturated heterocycles. The molecule has 2 aromatic rings. The summed E-state index contributed by atoms with van der Waals surface area (Å²) in [4.78, 5) is 15.4. The van der Waals surface area contributed by atoms with Crippen molar-refractivity contribution in [1.82, 2.24) is 4.98 Å². The maximum Gasteiger partial charge on any atom is 0.341 e. The second-order valence-electron chi connectivity index (χ2n) is 3.46. The summed E-state index contributed by atoms with van der Waals surface area (Å²) in [6.45, 7) is 0. The number of anilines is 1. The zero-order valence-corrected chi connectivity index (χ0v) is 10.6. The number of hydrogen-bond donors (Lipinski definition) is 1. The van der Waals surface area contributed by atoms with Crippen LogP contribution in [0.5, 0.6) is 0 Å². The van der Waals surface area contributed by atoms with E-state index in [1.807, 2.05) is 0 Å². The molecule has 18 heavy (non-hydrogen) atoms. The molecule has 0 aliphatic carbocycles. The molecule has 0 spiro atoms. The molecule has 4 nitrogen and oxygen atoms in total. The third-order valence-electron chi connectivity index (χ3n) is 2.44. The Labute approximate surface area is 111 Å². The van der Waals surface area contributed by atoms with E-state index < -0.39 is 11.8 Å². The quantitative estimate of drug-likeness (QED) is 0.647. The van der Waals surface area contributed by atoms with Gasteiger partial charge in [-0.1, -0.05) is 23.2 Å². The van der Waals surface area contributed by atoms with E-state index in [9.17, 15) is 9.18 Å². The van der Waals surface area contributed by atoms with Crippen molar-refractivity contribution in [3.63, 3.8) is 0 Å². The highest BCUT2D eigenvalue weighted by Crippen LogP contribution is 2.35. The normalized spacial score (nSPS) is 10.7. The molecule has 0 atom stereocenters. The van der Waals surface area contributed by atoms with Crippen molar-refractivity contribution in [3.8, 4) is 0 Å². The fraction of sp³-hybridized carbons (Fsp3) is 0.0909. The molecule has 1 aromatic carbocycles. The molecule has 0 bridgehead atoms. The predicted molar refractivity (Wildman–Crippen MR) is 67.5 cm³/mol. The fourth-order valence-corrected chi connectivity index (χ4v) is 2.10. The van der Waals surface area contributed by atoms with Gasteiger partial charge in [0.05, 0.1) is 28.4 Å². The van der Waals surface area contributed by atoms with Gasteiger partial charge in [-0.15, -0.1) is 0 Å². The van der Waals surface area contributed by atoms with Gasteiger partial charge in [-0.3, -0.25) is 4.98 Å². The third kappa shape index (κ3) is 1.85. The first kappa shape index (κ1) is 12.9. The molecular formula is C11H7Cl2FN2O2. The highest BCUT2D eigenvalue weighted by atomic mass is 35.5. The van der Waals surface area contributed by atoms with Gasteiger partial charge in [-0.2, -0.15) is 0 Å². The SMILES string of the molecule is COC(=O)c1cnc2cc(Cl)c(F)c(Cl)c2c1N. The van der Waals surface area contributed by atoms with E-state index in [0.717, 1.165) is 0 Å². The molecule has 0 fully saturated rings. The van der Waals surface area contributed by atoms with Crippen LogP contribution >= 0.6 is 23.2 Å². The van der Waals surface area contributed by atoms with Crippen molar-refractivity contribution in [1.29, 1.82) is 0 Å². The molecule has 2 N–H and O–H groups in total. The van der Waals surface area contributed by atoms with Crippen molar-refractivity contribution < 1.29 is 13.9 Å². The van der Waals surface area contributed by atoms with Gasteiger partial charge >= 0.3 is 5.97 Å². The number of nitrogens with two attached hydrogens (primary N) is 1. The second kappa shape index (κ2) is 4.59. The van der Waals surface area contributed by atoms with Crippen LogP contribution in [0.3, 0.4) is 0 Å². The molecule has 2 rings (SSSR count). The van der Waals surface area contributed by atoms with Gasteiger partial charge in [0.2, 0.25) is 0 Å². The molecule has 0 saturated carbocycles. The van der Waals surface area contributed by atoms with Crippen LogP contribution in [0, 0.1) is 5.82 Å². The number of benzene rings is 1. The second-order valence-corrected chi connectivity index (χ2v) is 4.24. The van der Waals surface area contributed by atoms with E-state index in [1.54, 1.807) is 0 Å². The van der Waals surface area contributed by atoms with E-state index in [2.05, 4.69) is 9.72 Å². The molecule has 1 heterocycles. The van der Waals surface area contributed by atoms with E-state index in [4.69, 9.17) is 28.9 Å². The van der Waals surface area contributed by atoms with Crippen LogP contribution in [0.1, 0.15) is 10.4 Å². The Balaban J connectivity index is 2.86. The van der Waals surface area contributed by atoms with E-state index in [-0.39, 0.29) is 26.7 Å². The Morgan fingerprint density at radius 1 is 1.50 bits per heavy atom. The number of carbonyl (C=O) groups is 1. The maximum absolute atomic E-state index is 13.6. The van der Waals surface area contributed by atoms with Gasteiger partial charge in [0.15, 0.2) is 5.82 Å². The highest BCUT2D eigenvalue weighted by Gasteiger charge is 2.19. The zero-order valence-electron chi connectivity index (χ0n) is 9.13. The van der Waals surface area contributed by atoms with Crippen LogP contribution < -0.4 is 5.73 Å². The first-order chi connectivity index (χ1) is 8.47. The Morgan fingerprint density at radius 3 is 2.78 bits per heavy atom. The number of rotatable bonds is 1. The summed E-state index contributed by atoms with van der Waals surface area (Å²) in [6.07, 6.45) is 1.23. The minimum atomic E-state index is -0.804. The van der Waals surface area contributed by atoms with Gasteiger partial charge in [0.1, 0.15) is 5.56 Å². The van der Waals surface area contributed by atoms with Crippen molar-refractivity contribution in [2.24, 2.45) is 0 Å². The van der Waals surface area contributed by atoms with Gasteiger partial charge < -0.3 is 10.5 Å². The van der Waals surface area contributed by atoms with Gasteiger partial charge in [0, 0.05) is 11.6 Å². The number of carbonyl (C=O) groups excluding carboxylic acids is 1. The van der Waals surface area contributed by atoms with Gasteiger partial charge in [-0.05, 0) is 6.07 Å². The molecule has 0 radical (unpaired) electrons. The lowest BCUT2D eigenvalue weighted by molar-refractivity contribution is 0.0601. The monoisotopic (exact) mass is 288 g/mol. The van der Waals surface area contributed by atoms with Crippen molar-refractivity contribution in [3.05, 3.63) is 33.7 Å². The highest BCUT2D eigenvalue weighted by molar-refractivity contribution is 6.39. The summed E-state index contributed by atoms with van der Waals surface area (Å²) in [5.41, 5.74) is 6.11. The lowest BCUT2D eigenvalue weighted by atomic mass is 10.1. The lowest BCUT2D eigenvalue weighted by Gasteiger charge is -2.09. The van der Waals surface area contributed by atoms with Crippen molar-refractivity contribution in [2.75, 3.05) is 12.8 Å². The molecule has 0 amide bonds. The summed E-state index contributed by atoms with van der Waals surface area (Å²) < 4.78 is 18.1. The number of halogens is 3. The third-order valence-corrected chi connectivity index (χ3v) is 3.07. The first-order valence-electron chi connectivity index (χ1n) is 4.77. The number of esters is 1. The average Bonchev–Trinajstić information content (AvgIpc) is 2.35. The minimum Gasteiger partial charge on any atom is -0.465 e. The summed E-state index contributed by atoms with van der Waals surface area (Å²) >= 11 is 11.5.